The van der Waals surface area contributed by atoms with Gasteiger partial charge in [-0.25, -0.2) is 4.98 Å². The van der Waals surface area contributed by atoms with Gasteiger partial charge in [-0.1, -0.05) is 28.1 Å². The molecule has 3 unspecified atom stereocenters. The van der Waals surface area contributed by atoms with E-state index in [1.165, 1.54) is 0 Å². The Labute approximate surface area is 162 Å². The summed E-state index contributed by atoms with van der Waals surface area (Å²) in [6.45, 7) is 5.67. The molecule has 6 heteroatoms. The van der Waals surface area contributed by atoms with Crippen LogP contribution in [0.4, 0.5) is 0 Å². The Bertz CT molecular complexity index is 764. The predicted octanol–water partition coefficient (Wildman–Crippen LogP) is 4.69. The van der Waals surface area contributed by atoms with Crippen LogP contribution in [0.15, 0.2) is 34.9 Å². The van der Waals surface area contributed by atoms with E-state index in [2.05, 4.69) is 25.9 Å². The fourth-order valence-corrected chi connectivity index (χ4v) is 3.69. The van der Waals surface area contributed by atoms with Gasteiger partial charge in [0.25, 0.3) is 0 Å². The van der Waals surface area contributed by atoms with Gasteiger partial charge in [-0.2, -0.15) is 0 Å². The minimum Gasteiger partial charge on any atom is -0.460 e. The first-order valence-electron chi connectivity index (χ1n) is 8.83. The third kappa shape index (κ3) is 4.35. The molecule has 0 radical (unpaired) electrons. The lowest BCUT2D eigenvalue weighted by molar-refractivity contribution is -0.160. The van der Waals surface area contributed by atoms with E-state index in [1.807, 2.05) is 51.2 Å². The van der Waals surface area contributed by atoms with Crippen LogP contribution >= 0.6 is 15.9 Å². The van der Waals surface area contributed by atoms with E-state index in [0.717, 1.165) is 28.0 Å². The molecule has 0 saturated heterocycles. The number of benzene rings is 1. The molecule has 3 atom stereocenters. The van der Waals surface area contributed by atoms with Gasteiger partial charge in [0, 0.05) is 17.5 Å². The number of H-pyrrole nitrogens is 1. The summed E-state index contributed by atoms with van der Waals surface area (Å²) in [5, 5.41) is 0. The number of methoxy groups -OCH3 is 1. The van der Waals surface area contributed by atoms with Crippen LogP contribution in [0.25, 0.3) is 11.3 Å². The lowest BCUT2D eigenvalue weighted by atomic mass is 9.95. The zero-order valence-corrected chi connectivity index (χ0v) is 17.2. The normalized spacial score (nSPS) is 23.2. The van der Waals surface area contributed by atoms with Crippen LogP contribution in [0.1, 0.15) is 45.4 Å². The Morgan fingerprint density at radius 2 is 1.92 bits per heavy atom. The second kappa shape index (κ2) is 7.53. The highest BCUT2D eigenvalue weighted by atomic mass is 79.9. The zero-order valence-electron chi connectivity index (χ0n) is 15.6. The standard InChI is InChI=1S/C20H25BrN2O3/c1-20(2,3)26-19(24)16-10-14(25-4)9-15(16)18-22-11-17(23-18)12-5-7-13(21)8-6-12/h5-8,11,14-16H,9-10H2,1-4H3,(H,22,23). The topological polar surface area (TPSA) is 64.2 Å². The molecule has 140 valence electrons. The van der Waals surface area contributed by atoms with Crippen LogP contribution in [-0.4, -0.2) is 34.8 Å². The molecule has 0 spiro atoms. The highest BCUT2D eigenvalue weighted by Crippen LogP contribution is 2.41. The first-order chi connectivity index (χ1) is 12.3. The largest absolute Gasteiger partial charge is 0.460 e. The smallest absolute Gasteiger partial charge is 0.310 e. The average Bonchev–Trinajstić information content (AvgIpc) is 3.20. The third-order valence-corrected chi connectivity index (χ3v) is 5.19. The summed E-state index contributed by atoms with van der Waals surface area (Å²) >= 11 is 3.45. The molecule has 2 aromatic rings. The summed E-state index contributed by atoms with van der Waals surface area (Å²) in [6.07, 6.45) is 3.28. The fourth-order valence-electron chi connectivity index (χ4n) is 3.43. The highest BCUT2D eigenvalue weighted by Gasteiger charge is 2.43. The van der Waals surface area contributed by atoms with Gasteiger partial charge < -0.3 is 14.5 Å². The highest BCUT2D eigenvalue weighted by molar-refractivity contribution is 9.10. The molecule has 26 heavy (non-hydrogen) atoms. The molecule has 1 N–H and O–H groups in total. The van der Waals surface area contributed by atoms with Gasteiger partial charge in [0.15, 0.2) is 0 Å². The van der Waals surface area contributed by atoms with Crippen molar-refractivity contribution in [2.75, 3.05) is 7.11 Å². The van der Waals surface area contributed by atoms with E-state index in [0.29, 0.717) is 6.42 Å². The van der Waals surface area contributed by atoms with Crippen molar-refractivity contribution in [2.45, 2.75) is 51.2 Å². The molecule has 1 aromatic carbocycles. The number of hydrogen-bond donors (Lipinski definition) is 1. The minimum absolute atomic E-state index is 0.0287. The van der Waals surface area contributed by atoms with E-state index in [1.54, 1.807) is 7.11 Å². The van der Waals surface area contributed by atoms with Crippen LogP contribution < -0.4 is 0 Å². The van der Waals surface area contributed by atoms with Gasteiger partial charge in [-0.15, -0.1) is 0 Å². The van der Waals surface area contributed by atoms with Gasteiger partial charge in [0.1, 0.15) is 11.4 Å². The number of rotatable bonds is 4. The first kappa shape index (κ1) is 19.1. The Morgan fingerprint density at radius 3 is 2.54 bits per heavy atom. The summed E-state index contributed by atoms with van der Waals surface area (Å²) < 4.78 is 12.2. The molecular weight excluding hydrogens is 396 g/mol. The molecule has 0 aliphatic heterocycles. The van der Waals surface area contributed by atoms with Crippen LogP contribution in [0.2, 0.25) is 0 Å². The summed E-state index contributed by atoms with van der Waals surface area (Å²) in [7, 11) is 1.69. The number of nitrogens with one attached hydrogen (secondary N) is 1. The molecule has 1 aliphatic rings. The van der Waals surface area contributed by atoms with Crippen LogP contribution in [0.3, 0.4) is 0 Å². The number of hydrogen-bond acceptors (Lipinski definition) is 4. The second-order valence-electron chi connectivity index (χ2n) is 7.76. The Balaban J connectivity index is 1.83. The van der Waals surface area contributed by atoms with Crippen molar-refractivity contribution in [2.24, 2.45) is 5.92 Å². The molecule has 1 fully saturated rings. The number of carbonyl (C=O) groups is 1. The maximum atomic E-state index is 12.7. The van der Waals surface area contributed by atoms with E-state index in [4.69, 9.17) is 9.47 Å². The van der Waals surface area contributed by atoms with Gasteiger partial charge in [0.2, 0.25) is 0 Å². The van der Waals surface area contributed by atoms with Crippen LogP contribution in [-0.2, 0) is 14.3 Å². The molecular formula is C20H25BrN2O3. The molecule has 0 amide bonds. The van der Waals surface area contributed by atoms with Crippen LogP contribution in [0, 0.1) is 5.92 Å². The van der Waals surface area contributed by atoms with Gasteiger partial charge in [-0.3, -0.25) is 4.79 Å². The van der Waals surface area contributed by atoms with Crippen molar-refractivity contribution in [3.05, 3.63) is 40.8 Å². The van der Waals surface area contributed by atoms with Crippen molar-refractivity contribution in [3.63, 3.8) is 0 Å². The number of halogens is 1. The van der Waals surface area contributed by atoms with Gasteiger partial charge >= 0.3 is 5.97 Å². The molecule has 1 heterocycles. The predicted molar refractivity (Wildman–Crippen MR) is 104 cm³/mol. The molecule has 0 bridgehead atoms. The van der Waals surface area contributed by atoms with Crippen LogP contribution in [0.5, 0.6) is 0 Å². The first-order valence-corrected chi connectivity index (χ1v) is 9.62. The van der Waals surface area contributed by atoms with Crippen molar-refractivity contribution in [1.29, 1.82) is 0 Å². The van der Waals surface area contributed by atoms with Gasteiger partial charge in [-0.05, 0) is 51.3 Å². The lowest BCUT2D eigenvalue weighted by Crippen LogP contribution is -2.30. The Hall–Kier alpha value is -1.66. The molecule has 1 aromatic heterocycles. The molecule has 1 aliphatic carbocycles. The maximum Gasteiger partial charge on any atom is 0.310 e. The van der Waals surface area contributed by atoms with E-state index >= 15 is 0 Å². The van der Waals surface area contributed by atoms with E-state index < -0.39 is 5.60 Å². The summed E-state index contributed by atoms with van der Waals surface area (Å²) in [5.41, 5.74) is 1.50. The number of aromatic amines is 1. The molecule has 5 nitrogen and oxygen atoms in total. The monoisotopic (exact) mass is 420 g/mol. The number of nitrogens with zero attached hydrogens (tertiary/aromatic N) is 1. The Kier molecular flexibility index (Phi) is 5.53. The number of carbonyl (C=O) groups excluding carboxylic acids is 1. The van der Waals surface area contributed by atoms with Crippen molar-refractivity contribution in [1.82, 2.24) is 9.97 Å². The lowest BCUT2D eigenvalue weighted by Gasteiger charge is -2.24. The van der Waals surface area contributed by atoms with Gasteiger partial charge in [0.05, 0.1) is 23.9 Å². The summed E-state index contributed by atoms with van der Waals surface area (Å²) in [5.74, 6) is 0.365. The van der Waals surface area contributed by atoms with E-state index in [9.17, 15) is 4.79 Å². The number of esters is 1. The SMILES string of the molecule is COC1CC(C(=O)OC(C)(C)C)C(c2ncc(-c3ccc(Br)cc3)[nH]2)C1. The third-order valence-electron chi connectivity index (χ3n) is 4.66. The zero-order chi connectivity index (χ0) is 18.9. The number of imidazole rings is 1. The average molecular weight is 421 g/mol. The maximum absolute atomic E-state index is 12.7. The minimum atomic E-state index is -0.501. The summed E-state index contributed by atoms with van der Waals surface area (Å²) in [4.78, 5) is 20.7. The summed E-state index contributed by atoms with van der Waals surface area (Å²) in [6, 6.07) is 8.05. The molecule has 1 saturated carbocycles. The van der Waals surface area contributed by atoms with E-state index in [-0.39, 0.29) is 23.9 Å². The number of aromatic nitrogens is 2. The van der Waals surface area contributed by atoms with Crippen molar-refractivity contribution in [3.8, 4) is 11.3 Å². The number of ether oxygens (including phenoxy) is 2. The fraction of sp³-hybridized carbons (Fsp3) is 0.500. The molecule has 3 rings (SSSR count). The van der Waals surface area contributed by atoms with Crippen molar-refractivity contribution >= 4 is 21.9 Å². The quantitative estimate of drug-likeness (QED) is 0.728. The second-order valence-corrected chi connectivity index (χ2v) is 8.68. The van der Waals surface area contributed by atoms with Crippen molar-refractivity contribution < 1.29 is 14.3 Å². The Morgan fingerprint density at radius 1 is 1.23 bits per heavy atom.